The highest BCUT2D eigenvalue weighted by Gasteiger charge is 2.26. The molecule has 1 fully saturated rings. The van der Waals surface area contributed by atoms with Gasteiger partial charge in [0.15, 0.2) is 0 Å². The first kappa shape index (κ1) is 20.3. The number of benzene rings is 2. The monoisotopic (exact) mass is 404 g/mol. The molecule has 156 valence electrons. The van der Waals surface area contributed by atoms with E-state index in [4.69, 9.17) is 4.52 Å². The number of likely N-dealkylation sites (tertiary alicyclic amines) is 1. The zero-order chi connectivity index (χ0) is 21.1. The number of hydrogen-bond donors (Lipinski definition) is 1. The van der Waals surface area contributed by atoms with E-state index in [1.807, 2.05) is 42.5 Å². The van der Waals surface area contributed by atoms with Crippen LogP contribution in [0, 0.1) is 26.7 Å². The lowest BCUT2D eigenvalue weighted by molar-refractivity contribution is -0.121. The molecule has 2 heterocycles. The Kier molecular flexibility index (Phi) is 5.95. The van der Waals surface area contributed by atoms with Crippen molar-refractivity contribution in [1.29, 1.82) is 0 Å². The topological polar surface area (TPSA) is 71.3 Å². The van der Waals surface area contributed by atoms with E-state index in [0.29, 0.717) is 18.3 Å². The molecule has 3 aromatic rings. The first-order chi connectivity index (χ1) is 14.5. The molecule has 6 nitrogen and oxygen atoms in total. The first-order valence-corrected chi connectivity index (χ1v) is 10.5. The maximum absolute atomic E-state index is 12.6. The molecule has 0 aliphatic carbocycles. The number of aryl methyl sites for hydroxylation is 3. The van der Waals surface area contributed by atoms with Gasteiger partial charge in [-0.1, -0.05) is 41.1 Å². The van der Waals surface area contributed by atoms with Crippen LogP contribution in [0.5, 0.6) is 0 Å². The van der Waals surface area contributed by atoms with Gasteiger partial charge < -0.3 is 9.84 Å². The number of anilines is 1. The van der Waals surface area contributed by atoms with E-state index in [-0.39, 0.29) is 11.8 Å². The molecular weight excluding hydrogens is 376 g/mol. The number of nitrogens with one attached hydrogen (secondary N) is 1. The summed E-state index contributed by atoms with van der Waals surface area (Å²) in [6, 6.07) is 14.1. The Morgan fingerprint density at radius 3 is 2.50 bits per heavy atom. The Morgan fingerprint density at radius 1 is 1.07 bits per heavy atom. The van der Waals surface area contributed by atoms with Crippen molar-refractivity contribution in [2.45, 2.75) is 40.2 Å². The van der Waals surface area contributed by atoms with Crippen molar-refractivity contribution in [2.75, 3.05) is 18.4 Å². The van der Waals surface area contributed by atoms with Crippen LogP contribution in [0.4, 0.5) is 5.69 Å². The molecule has 0 saturated carbocycles. The van der Waals surface area contributed by atoms with Crippen LogP contribution in [0.2, 0.25) is 0 Å². The third kappa shape index (κ3) is 4.76. The van der Waals surface area contributed by atoms with E-state index in [0.717, 1.165) is 37.2 Å². The van der Waals surface area contributed by atoms with Crippen LogP contribution in [0.1, 0.15) is 35.4 Å². The van der Waals surface area contributed by atoms with Gasteiger partial charge in [0.1, 0.15) is 0 Å². The smallest absolute Gasteiger partial charge is 0.241 e. The van der Waals surface area contributed by atoms with Crippen molar-refractivity contribution in [3.05, 3.63) is 65.0 Å². The maximum atomic E-state index is 12.6. The summed E-state index contributed by atoms with van der Waals surface area (Å²) in [6.07, 6.45) is 1.66. The number of carbonyl (C=O) groups excluding carboxylic acids is 1. The molecule has 0 spiro atoms. The van der Waals surface area contributed by atoms with Crippen LogP contribution < -0.4 is 5.32 Å². The van der Waals surface area contributed by atoms with Gasteiger partial charge in [-0.2, -0.15) is 4.98 Å². The van der Waals surface area contributed by atoms with Crippen LogP contribution >= 0.6 is 0 Å². The molecule has 0 radical (unpaired) electrons. The number of carbonyl (C=O) groups is 1. The quantitative estimate of drug-likeness (QED) is 0.677. The van der Waals surface area contributed by atoms with Crippen LogP contribution in [0.25, 0.3) is 11.4 Å². The van der Waals surface area contributed by atoms with Crippen LogP contribution in [0.15, 0.2) is 47.0 Å². The lowest BCUT2D eigenvalue weighted by Gasteiger charge is -2.30. The van der Waals surface area contributed by atoms with E-state index in [1.165, 1.54) is 16.7 Å². The Morgan fingerprint density at radius 2 is 1.80 bits per heavy atom. The molecule has 6 heteroatoms. The Bertz CT molecular complexity index is 1020. The Labute approximate surface area is 177 Å². The van der Waals surface area contributed by atoms with Gasteiger partial charge in [0.25, 0.3) is 0 Å². The Hall–Kier alpha value is -2.99. The molecular formula is C24H28N4O2. The summed E-state index contributed by atoms with van der Waals surface area (Å²) in [5.74, 6) is 1.38. The highest BCUT2D eigenvalue weighted by molar-refractivity contribution is 5.92. The predicted octanol–water partition coefficient (Wildman–Crippen LogP) is 4.51. The van der Waals surface area contributed by atoms with Crippen molar-refractivity contribution >= 4 is 11.6 Å². The molecule has 0 bridgehead atoms. The highest BCUT2D eigenvalue weighted by Crippen LogP contribution is 2.23. The fraction of sp³-hybridized carbons (Fsp3) is 0.375. The molecule has 1 amide bonds. The third-order valence-electron chi connectivity index (χ3n) is 5.87. The van der Waals surface area contributed by atoms with Gasteiger partial charge in [-0.05, 0) is 70.0 Å². The van der Waals surface area contributed by atoms with Crippen molar-refractivity contribution in [3.8, 4) is 11.4 Å². The second-order valence-electron chi connectivity index (χ2n) is 8.22. The first-order valence-electron chi connectivity index (χ1n) is 10.5. The molecule has 1 aliphatic rings. The zero-order valence-electron chi connectivity index (χ0n) is 17.8. The van der Waals surface area contributed by atoms with Gasteiger partial charge in [0.2, 0.25) is 17.6 Å². The molecule has 1 saturated heterocycles. The van der Waals surface area contributed by atoms with Gasteiger partial charge >= 0.3 is 0 Å². The lowest BCUT2D eigenvalue weighted by Crippen LogP contribution is -2.37. The fourth-order valence-electron chi connectivity index (χ4n) is 3.75. The van der Waals surface area contributed by atoms with Gasteiger partial charge in [-0.15, -0.1) is 0 Å². The molecule has 4 rings (SSSR count). The van der Waals surface area contributed by atoms with E-state index in [9.17, 15) is 4.79 Å². The van der Waals surface area contributed by atoms with Crippen molar-refractivity contribution in [2.24, 2.45) is 5.92 Å². The fourth-order valence-corrected chi connectivity index (χ4v) is 3.75. The van der Waals surface area contributed by atoms with E-state index < -0.39 is 0 Å². The Balaban J connectivity index is 1.29. The maximum Gasteiger partial charge on any atom is 0.241 e. The highest BCUT2D eigenvalue weighted by atomic mass is 16.5. The van der Waals surface area contributed by atoms with Crippen LogP contribution in [-0.4, -0.2) is 34.0 Å². The van der Waals surface area contributed by atoms with E-state index in [1.54, 1.807) is 0 Å². The number of aromatic nitrogens is 2. The van der Waals surface area contributed by atoms with E-state index >= 15 is 0 Å². The molecule has 1 N–H and O–H groups in total. The molecule has 1 aromatic heterocycles. The van der Waals surface area contributed by atoms with Gasteiger partial charge in [0.05, 0.1) is 6.54 Å². The molecule has 1 aliphatic heterocycles. The van der Waals surface area contributed by atoms with Crippen molar-refractivity contribution < 1.29 is 9.32 Å². The van der Waals surface area contributed by atoms with Crippen molar-refractivity contribution in [3.63, 3.8) is 0 Å². The summed E-state index contributed by atoms with van der Waals surface area (Å²) in [7, 11) is 0. The largest absolute Gasteiger partial charge is 0.338 e. The lowest BCUT2D eigenvalue weighted by atomic mass is 9.95. The minimum atomic E-state index is 0.0358. The molecule has 30 heavy (non-hydrogen) atoms. The summed E-state index contributed by atoms with van der Waals surface area (Å²) in [6.45, 7) is 8.48. The number of amides is 1. The number of rotatable bonds is 5. The van der Waals surface area contributed by atoms with Gasteiger partial charge in [-0.3, -0.25) is 9.69 Å². The minimum absolute atomic E-state index is 0.0358. The number of hydrogen-bond acceptors (Lipinski definition) is 5. The number of piperidine rings is 1. The molecule has 0 unspecified atom stereocenters. The number of nitrogens with zero attached hydrogens (tertiary/aromatic N) is 3. The normalized spacial score (nSPS) is 15.3. The van der Waals surface area contributed by atoms with Crippen LogP contribution in [0.3, 0.4) is 0 Å². The second-order valence-corrected chi connectivity index (χ2v) is 8.22. The SMILES string of the molecule is Cc1ccc(-c2noc(CN3CCC(C(=O)Nc4ccc(C)c(C)c4)CC3)n2)cc1. The molecule has 2 aromatic carbocycles. The predicted molar refractivity (Wildman–Crippen MR) is 117 cm³/mol. The summed E-state index contributed by atoms with van der Waals surface area (Å²) in [5, 5.41) is 7.18. The van der Waals surface area contributed by atoms with E-state index in [2.05, 4.69) is 41.1 Å². The minimum Gasteiger partial charge on any atom is -0.338 e. The van der Waals surface area contributed by atoms with Crippen molar-refractivity contribution in [1.82, 2.24) is 15.0 Å². The average molecular weight is 405 g/mol. The summed E-state index contributed by atoms with van der Waals surface area (Å²) in [5.41, 5.74) is 5.45. The van der Waals surface area contributed by atoms with Gasteiger partial charge in [-0.25, -0.2) is 0 Å². The third-order valence-corrected chi connectivity index (χ3v) is 5.87. The zero-order valence-corrected chi connectivity index (χ0v) is 17.8. The summed E-state index contributed by atoms with van der Waals surface area (Å²) < 4.78 is 5.44. The summed E-state index contributed by atoms with van der Waals surface area (Å²) in [4.78, 5) is 19.4. The molecule has 0 atom stereocenters. The summed E-state index contributed by atoms with van der Waals surface area (Å²) >= 11 is 0. The second kappa shape index (κ2) is 8.79. The van der Waals surface area contributed by atoms with Crippen LogP contribution in [-0.2, 0) is 11.3 Å². The standard InChI is InChI=1S/C24H28N4O2/c1-16-4-7-19(8-5-16)23-26-22(30-27-23)15-28-12-10-20(11-13-28)24(29)25-21-9-6-17(2)18(3)14-21/h4-9,14,20H,10-13,15H2,1-3H3,(H,25,29). The van der Waals surface area contributed by atoms with Gasteiger partial charge in [0, 0.05) is 17.2 Å². The average Bonchev–Trinajstić information content (AvgIpc) is 3.20.